The quantitative estimate of drug-likeness (QED) is 0.895. The molecule has 2 atom stereocenters. The van der Waals surface area contributed by atoms with Gasteiger partial charge in [-0.3, -0.25) is 9.78 Å². The summed E-state index contributed by atoms with van der Waals surface area (Å²) < 4.78 is 5.75. The van der Waals surface area contributed by atoms with Gasteiger partial charge in [0, 0.05) is 19.3 Å². The Kier molecular flexibility index (Phi) is 6.21. The van der Waals surface area contributed by atoms with Crippen LogP contribution in [0.3, 0.4) is 0 Å². The highest BCUT2D eigenvalue weighted by Crippen LogP contribution is 2.14. The van der Waals surface area contributed by atoms with Crippen LogP contribution in [-0.2, 0) is 16.1 Å². The lowest BCUT2D eigenvalue weighted by Gasteiger charge is -2.18. The fourth-order valence-electron chi connectivity index (χ4n) is 2.04. The van der Waals surface area contributed by atoms with Crippen molar-refractivity contribution in [3.05, 3.63) is 30.1 Å². The molecular weight excluding hydrogens is 266 g/mol. The predicted molar refractivity (Wildman–Crippen MR) is 74.9 cm³/mol. The number of ether oxygens (including phenoxy) is 1. The number of aromatic nitrogens is 1. The summed E-state index contributed by atoms with van der Waals surface area (Å²) in [7, 11) is 0. The number of rotatable bonds is 4. The lowest BCUT2D eigenvalue weighted by Crippen LogP contribution is -2.41. The number of carbonyl (C=O) groups excluding carboxylic acids is 1. The highest BCUT2D eigenvalue weighted by Gasteiger charge is 2.28. The van der Waals surface area contributed by atoms with E-state index in [2.05, 4.69) is 4.98 Å². The summed E-state index contributed by atoms with van der Waals surface area (Å²) in [5.41, 5.74) is 6.50. The molecule has 0 saturated carbocycles. The van der Waals surface area contributed by atoms with E-state index in [9.17, 15) is 4.79 Å². The van der Waals surface area contributed by atoms with Crippen molar-refractivity contribution in [3.63, 3.8) is 0 Å². The Morgan fingerprint density at radius 3 is 3.05 bits per heavy atom. The molecule has 0 spiro atoms. The minimum atomic E-state index is -0.431. The Labute approximate surface area is 119 Å². The molecule has 0 radical (unpaired) electrons. The van der Waals surface area contributed by atoms with Crippen molar-refractivity contribution in [2.45, 2.75) is 32.1 Å². The van der Waals surface area contributed by atoms with Crippen LogP contribution in [0.25, 0.3) is 0 Å². The number of amides is 1. The molecule has 6 heteroatoms. The minimum Gasteiger partial charge on any atom is -0.370 e. The Balaban J connectivity index is 0.00000180. The van der Waals surface area contributed by atoms with Crippen molar-refractivity contribution in [1.29, 1.82) is 0 Å². The topological polar surface area (TPSA) is 68.5 Å². The van der Waals surface area contributed by atoms with E-state index in [4.69, 9.17) is 10.5 Å². The van der Waals surface area contributed by atoms with E-state index in [0.29, 0.717) is 13.2 Å². The second-order valence-electron chi connectivity index (χ2n) is 4.62. The third kappa shape index (κ3) is 4.45. The molecule has 5 nitrogen and oxygen atoms in total. The number of carbonyl (C=O) groups is 1. The van der Waals surface area contributed by atoms with Crippen LogP contribution in [0.2, 0.25) is 0 Å². The van der Waals surface area contributed by atoms with Gasteiger partial charge in [0.05, 0.1) is 24.4 Å². The van der Waals surface area contributed by atoms with Crippen LogP contribution in [0, 0.1) is 0 Å². The van der Waals surface area contributed by atoms with Gasteiger partial charge in [0.1, 0.15) is 0 Å². The predicted octanol–water partition coefficient (Wildman–Crippen LogP) is 0.968. The standard InChI is InChI=1S/C13H19N3O2.ClH/c1-10(14)13(17)16-7-5-12(8-16)18-9-11-4-2-3-6-15-11;/h2-4,6,10,12H,5,7-9,14H2,1H3;1H/t10-,12?;/m1./s1. The molecule has 2 rings (SSSR count). The molecule has 1 saturated heterocycles. The smallest absolute Gasteiger partial charge is 0.239 e. The number of halogens is 1. The summed E-state index contributed by atoms with van der Waals surface area (Å²) in [5.74, 6) is -0.000985. The van der Waals surface area contributed by atoms with Gasteiger partial charge in [-0.15, -0.1) is 12.4 Å². The van der Waals surface area contributed by atoms with Gasteiger partial charge < -0.3 is 15.4 Å². The molecule has 1 aromatic heterocycles. The monoisotopic (exact) mass is 285 g/mol. The van der Waals surface area contributed by atoms with Crippen LogP contribution < -0.4 is 5.73 Å². The molecule has 2 N–H and O–H groups in total. The summed E-state index contributed by atoms with van der Waals surface area (Å²) in [5, 5.41) is 0. The third-order valence-corrected chi connectivity index (χ3v) is 3.04. The van der Waals surface area contributed by atoms with E-state index in [0.717, 1.165) is 18.7 Å². The lowest BCUT2D eigenvalue weighted by atomic mass is 10.3. The molecule has 0 aromatic carbocycles. The molecule has 2 heterocycles. The van der Waals surface area contributed by atoms with Gasteiger partial charge >= 0.3 is 0 Å². The molecule has 1 aliphatic rings. The Morgan fingerprint density at radius 2 is 2.42 bits per heavy atom. The lowest BCUT2D eigenvalue weighted by molar-refractivity contribution is -0.131. The maximum Gasteiger partial charge on any atom is 0.239 e. The fraction of sp³-hybridized carbons (Fsp3) is 0.538. The van der Waals surface area contributed by atoms with Crippen molar-refractivity contribution in [1.82, 2.24) is 9.88 Å². The average Bonchev–Trinajstić information content (AvgIpc) is 2.85. The maximum absolute atomic E-state index is 11.7. The summed E-state index contributed by atoms with van der Waals surface area (Å²) in [6.07, 6.45) is 2.71. The van der Waals surface area contributed by atoms with Gasteiger partial charge in [0.25, 0.3) is 0 Å². The second-order valence-corrected chi connectivity index (χ2v) is 4.62. The Morgan fingerprint density at radius 1 is 1.63 bits per heavy atom. The first-order chi connectivity index (χ1) is 8.66. The molecule has 1 aromatic rings. The molecule has 1 amide bonds. The third-order valence-electron chi connectivity index (χ3n) is 3.04. The molecule has 0 bridgehead atoms. The highest BCUT2D eigenvalue weighted by atomic mass is 35.5. The highest BCUT2D eigenvalue weighted by molar-refractivity contribution is 5.85. The number of pyridine rings is 1. The van der Waals surface area contributed by atoms with Crippen LogP contribution in [0.5, 0.6) is 0 Å². The molecule has 1 fully saturated rings. The zero-order chi connectivity index (χ0) is 13.0. The van der Waals surface area contributed by atoms with Gasteiger partial charge in [0.2, 0.25) is 5.91 Å². The first kappa shape index (κ1) is 15.9. The molecular formula is C13H20ClN3O2. The largest absolute Gasteiger partial charge is 0.370 e. The molecule has 106 valence electrons. The average molecular weight is 286 g/mol. The Hall–Kier alpha value is -1.17. The summed E-state index contributed by atoms with van der Waals surface area (Å²) in [6.45, 7) is 3.57. The van der Waals surface area contributed by atoms with E-state index in [1.54, 1.807) is 18.0 Å². The number of nitrogens with zero attached hydrogens (tertiary/aromatic N) is 2. The number of nitrogens with two attached hydrogens (primary N) is 1. The normalized spacial score (nSPS) is 19.9. The van der Waals surface area contributed by atoms with Crippen LogP contribution in [0.15, 0.2) is 24.4 Å². The van der Waals surface area contributed by atoms with Gasteiger partial charge in [0.15, 0.2) is 0 Å². The van der Waals surface area contributed by atoms with E-state index in [1.807, 2.05) is 18.2 Å². The van der Waals surface area contributed by atoms with Crippen LogP contribution >= 0.6 is 12.4 Å². The zero-order valence-electron chi connectivity index (χ0n) is 11.0. The number of hydrogen-bond acceptors (Lipinski definition) is 4. The summed E-state index contributed by atoms with van der Waals surface area (Å²) in [6, 6.07) is 5.31. The first-order valence-electron chi connectivity index (χ1n) is 6.22. The minimum absolute atomic E-state index is 0. The van der Waals surface area contributed by atoms with Crippen molar-refractivity contribution in [2.24, 2.45) is 5.73 Å². The van der Waals surface area contributed by atoms with E-state index in [-0.39, 0.29) is 24.4 Å². The molecule has 1 unspecified atom stereocenters. The first-order valence-corrected chi connectivity index (χ1v) is 6.22. The maximum atomic E-state index is 11.7. The van der Waals surface area contributed by atoms with Gasteiger partial charge in [-0.25, -0.2) is 0 Å². The van der Waals surface area contributed by atoms with Crippen LogP contribution in [-0.4, -0.2) is 41.0 Å². The van der Waals surface area contributed by atoms with E-state index in [1.165, 1.54) is 0 Å². The summed E-state index contributed by atoms with van der Waals surface area (Å²) in [4.78, 5) is 17.7. The van der Waals surface area contributed by atoms with Gasteiger partial charge in [-0.05, 0) is 25.5 Å². The van der Waals surface area contributed by atoms with Crippen molar-refractivity contribution in [2.75, 3.05) is 13.1 Å². The van der Waals surface area contributed by atoms with Gasteiger partial charge in [-0.1, -0.05) is 6.07 Å². The van der Waals surface area contributed by atoms with Crippen molar-refractivity contribution >= 4 is 18.3 Å². The zero-order valence-corrected chi connectivity index (χ0v) is 11.8. The fourth-order valence-corrected chi connectivity index (χ4v) is 2.04. The van der Waals surface area contributed by atoms with E-state index >= 15 is 0 Å². The van der Waals surface area contributed by atoms with Crippen molar-refractivity contribution in [3.8, 4) is 0 Å². The van der Waals surface area contributed by atoms with Crippen LogP contribution in [0.4, 0.5) is 0 Å². The number of hydrogen-bond donors (Lipinski definition) is 1. The summed E-state index contributed by atoms with van der Waals surface area (Å²) >= 11 is 0. The van der Waals surface area contributed by atoms with Crippen LogP contribution in [0.1, 0.15) is 19.0 Å². The SMILES string of the molecule is C[C@@H](N)C(=O)N1CCC(OCc2ccccn2)C1.Cl. The van der Waals surface area contributed by atoms with E-state index < -0.39 is 6.04 Å². The molecule has 0 aliphatic carbocycles. The van der Waals surface area contributed by atoms with Gasteiger partial charge in [-0.2, -0.15) is 0 Å². The molecule has 19 heavy (non-hydrogen) atoms. The second kappa shape index (κ2) is 7.43. The number of likely N-dealkylation sites (tertiary alicyclic amines) is 1. The Bertz CT molecular complexity index is 400. The van der Waals surface area contributed by atoms with Crippen molar-refractivity contribution < 1.29 is 9.53 Å². The molecule has 1 aliphatic heterocycles.